The summed E-state index contributed by atoms with van der Waals surface area (Å²) in [5.41, 5.74) is 11.0. The molecule has 0 atom stereocenters. The fraction of sp³-hybridized carbons (Fsp3) is 0. The maximum Gasteiger partial charge on any atom is 0.145 e. The van der Waals surface area contributed by atoms with E-state index >= 15 is 0 Å². The maximum absolute atomic E-state index is 5.38. The quantitative estimate of drug-likeness (QED) is 0.144. The zero-order chi connectivity index (χ0) is 32.3. The van der Waals surface area contributed by atoms with Gasteiger partial charge in [-0.3, -0.25) is 4.57 Å². The van der Waals surface area contributed by atoms with Crippen LogP contribution in [0.15, 0.2) is 176 Å². The lowest BCUT2D eigenvalue weighted by atomic mass is 9.91. The Morgan fingerprint density at radius 2 is 0.959 bits per heavy atom. The highest BCUT2D eigenvalue weighted by Gasteiger charge is 2.17. The molecule has 10 rings (SSSR count). The van der Waals surface area contributed by atoms with Gasteiger partial charge in [0.15, 0.2) is 0 Å². The lowest BCUT2D eigenvalue weighted by Gasteiger charge is -2.15. The number of nitrogens with zero attached hydrogens (tertiary/aromatic N) is 3. The van der Waals surface area contributed by atoms with E-state index in [0.29, 0.717) is 0 Å². The Kier molecular flexibility index (Phi) is 6.18. The molecule has 49 heavy (non-hydrogen) atoms. The van der Waals surface area contributed by atoms with E-state index in [0.717, 1.165) is 55.5 Å². The van der Waals surface area contributed by atoms with Crippen LogP contribution in [0.1, 0.15) is 0 Å². The predicted octanol–water partition coefficient (Wildman–Crippen LogP) is 12.0. The molecule has 0 bridgehead atoms. The second-order valence-corrected chi connectivity index (χ2v) is 12.6. The van der Waals surface area contributed by atoms with Gasteiger partial charge in [0.2, 0.25) is 0 Å². The van der Waals surface area contributed by atoms with E-state index in [9.17, 15) is 0 Å². The molecule has 0 N–H and O–H groups in total. The highest BCUT2D eigenvalue weighted by molar-refractivity contribution is 6.21. The standard InChI is InChI=1S/C46H29N3/c1-2-15-36(16-3-1)49-42-20-9-8-19-41(42)47-46(49)33-23-21-30(22-24-33)34-13-10-14-35(29-34)43-39-27-25-31-11-4-6-17-37(31)44(39)48-45-38-18-7-5-12-32(38)26-28-40(43)45/h1-29H. The third-order valence-corrected chi connectivity index (χ3v) is 9.77. The van der Waals surface area contributed by atoms with Crippen LogP contribution in [0.2, 0.25) is 0 Å². The number of para-hydroxylation sites is 3. The molecular formula is C46H29N3. The van der Waals surface area contributed by atoms with Crippen molar-refractivity contribution >= 4 is 54.4 Å². The van der Waals surface area contributed by atoms with Crippen LogP contribution in [0.3, 0.4) is 0 Å². The molecule has 3 nitrogen and oxygen atoms in total. The van der Waals surface area contributed by atoms with Crippen LogP contribution in [0.5, 0.6) is 0 Å². The van der Waals surface area contributed by atoms with Crippen LogP contribution >= 0.6 is 0 Å². The normalized spacial score (nSPS) is 11.7. The van der Waals surface area contributed by atoms with Crippen LogP contribution in [0.4, 0.5) is 0 Å². The summed E-state index contributed by atoms with van der Waals surface area (Å²) in [4.78, 5) is 10.4. The number of hydrogen-bond acceptors (Lipinski definition) is 2. The summed E-state index contributed by atoms with van der Waals surface area (Å²) in [6, 6.07) is 62.6. The molecule has 8 aromatic carbocycles. The summed E-state index contributed by atoms with van der Waals surface area (Å²) in [6.07, 6.45) is 0. The van der Waals surface area contributed by atoms with Crippen molar-refractivity contribution in [1.29, 1.82) is 0 Å². The number of aromatic nitrogens is 3. The van der Waals surface area contributed by atoms with E-state index in [-0.39, 0.29) is 0 Å². The topological polar surface area (TPSA) is 30.7 Å². The first-order chi connectivity index (χ1) is 24.3. The van der Waals surface area contributed by atoms with Crippen molar-refractivity contribution in [2.75, 3.05) is 0 Å². The fourth-order valence-electron chi connectivity index (χ4n) is 7.45. The minimum atomic E-state index is 0.932. The van der Waals surface area contributed by atoms with Crippen LogP contribution in [0, 0.1) is 0 Å². The van der Waals surface area contributed by atoms with E-state index in [1.54, 1.807) is 0 Å². The summed E-state index contributed by atoms with van der Waals surface area (Å²) in [6.45, 7) is 0. The molecule has 0 amide bonds. The molecule has 0 saturated heterocycles. The Morgan fingerprint density at radius 3 is 1.67 bits per heavy atom. The average Bonchev–Trinajstić information content (AvgIpc) is 3.57. The molecule has 0 aliphatic heterocycles. The molecule has 228 valence electrons. The summed E-state index contributed by atoms with van der Waals surface area (Å²) < 4.78 is 2.25. The van der Waals surface area contributed by atoms with E-state index in [4.69, 9.17) is 9.97 Å². The number of benzene rings is 8. The van der Waals surface area contributed by atoms with Crippen molar-refractivity contribution < 1.29 is 0 Å². The minimum Gasteiger partial charge on any atom is -0.292 e. The highest BCUT2D eigenvalue weighted by atomic mass is 15.1. The number of rotatable bonds is 4. The monoisotopic (exact) mass is 623 g/mol. The largest absolute Gasteiger partial charge is 0.292 e. The second kappa shape index (κ2) is 11.0. The van der Waals surface area contributed by atoms with Crippen molar-refractivity contribution in [3.8, 4) is 39.3 Å². The van der Waals surface area contributed by atoms with Crippen molar-refractivity contribution in [3.63, 3.8) is 0 Å². The predicted molar refractivity (Wildman–Crippen MR) is 205 cm³/mol. The van der Waals surface area contributed by atoms with Crippen molar-refractivity contribution in [2.24, 2.45) is 0 Å². The van der Waals surface area contributed by atoms with Gasteiger partial charge in [0.25, 0.3) is 0 Å². The smallest absolute Gasteiger partial charge is 0.145 e. The van der Waals surface area contributed by atoms with E-state index in [2.05, 4.69) is 168 Å². The Hall–Kier alpha value is -6.58. The minimum absolute atomic E-state index is 0.932. The van der Waals surface area contributed by atoms with Gasteiger partial charge in [-0.15, -0.1) is 0 Å². The van der Waals surface area contributed by atoms with Gasteiger partial charge >= 0.3 is 0 Å². The maximum atomic E-state index is 5.38. The SMILES string of the molecule is c1ccc(-n2c(-c3ccc(-c4cccc(-c5c6ccc7ccccc7c6nc6c5ccc5ccccc56)c4)cc3)nc3ccccc32)cc1. The first-order valence-electron chi connectivity index (χ1n) is 16.7. The first-order valence-corrected chi connectivity index (χ1v) is 16.7. The van der Waals surface area contributed by atoms with E-state index < -0.39 is 0 Å². The Morgan fingerprint density at radius 1 is 0.367 bits per heavy atom. The summed E-state index contributed by atoms with van der Waals surface area (Å²) in [5.74, 6) is 0.932. The second-order valence-electron chi connectivity index (χ2n) is 12.6. The lowest BCUT2D eigenvalue weighted by Crippen LogP contribution is -1.97. The van der Waals surface area contributed by atoms with Crippen molar-refractivity contribution in [3.05, 3.63) is 176 Å². The van der Waals surface area contributed by atoms with E-state index in [1.165, 1.54) is 38.2 Å². The zero-order valence-electron chi connectivity index (χ0n) is 26.6. The Balaban J connectivity index is 1.14. The van der Waals surface area contributed by atoms with Crippen LogP contribution in [0.25, 0.3) is 93.7 Å². The molecule has 10 aromatic rings. The highest BCUT2D eigenvalue weighted by Crippen LogP contribution is 2.41. The molecule has 0 saturated carbocycles. The van der Waals surface area contributed by atoms with E-state index in [1.807, 2.05) is 12.1 Å². The van der Waals surface area contributed by atoms with Crippen molar-refractivity contribution in [1.82, 2.24) is 14.5 Å². The average molecular weight is 624 g/mol. The lowest BCUT2D eigenvalue weighted by molar-refractivity contribution is 1.10. The Bertz CT molecular complexity index is 2770. The van der Waals surface area contributed by atoms with Gasteiger partial charge in [-0.25, -0.2) is 9.97 Å². The van der Waals surface area contributed by atoms with Crippen LogP contribution < -0.4 is 0 Å². The van der Waals surface area contributed by atoms with Gasteiger partial charge in [-0.05, 0) is 57.8 Å². The molecule has 0 spiro atoms. The summed E-state index contributed by atoms with van der Waals surface area (Å²) in [5, 5.41) is 7.06. The van der Waals surface area contributed by atoms with Crippen LogP contribution in [-0.4, -0.2) is 14.5 Å². The molecular weight excluding hydrogens is 595 g/mol. The molecule has 0 fully saturated rings. The Labute approximate surface area is 283 Å². The molecule has 3 heteroatoms. The van der Waals surface area contributed by atoms with Gasteiger partial charge < -0.3 is 0 Å². The molecule has 2 heterocycles. The fourth-order valence-corrected chi connectivity index (χ4v) is 7.45. The third-order valence-electron chi connectivity index (χ3n) is 9.77. The molecule has 0 unspecified atom stereocenters. The van der Waals surface area contributed by atoms with Gasteiger partial charge in [0, 0.05) is 38.4 Å². The number of imidazole rings is 1. The molecule has 0 radical (unpaired) electrons. The number of pyridine rings is 1. The summed E-state index contributed by atoms with van der Waals surface area (Å²) in [7, 11) is 0. The first kappa shape index (κ1) is 27.5. The molecule has 0 aliphatic carbocycles. The summed E-state index contributed by atoms with van der Waals surface area (Å²) >= 11 is 0. The number of hydrogen-bond donors (Lipinski definition) is 0. The zero-order valence-corrected chi connectivity index (χ0v) is 26.6. The van der Waals surface area contributed by atoms with Crippen molar-refractivity contribution in [2.45, 2.75) is 0 Å². The van der Waals surface area contributed by atoms with Gasteiger partial charge in [0.05, 0.1) is 22.1 Å². The number of fused-ring (bicyclic) bond motifs is 7. The van der Waals surface area contributed by atoms with Crippen LogP contribution in [-0.2, 0) is 0 Å². The van der Waals surface area contributed by atoms with Gasteiger partial charge in [-0.1, -0.05) is 146 Å². The molecule has 2 aromatic heterocycles. The van der Waals surface area contributed by atoms with Gasteiger partial charge in [-0.2, -0.15) is 0 Å². The van der Waals surface area contributed by atoms with Gasteiger partial charge in [0.1, 0.15) is 5.82 Å². The third kappa shape index (κ3) is 4.44. The molecule has 0 aliphatic rings.